The zero-order valence-corrected chi connectivity index (χ0v) is 8.75. The van der Waals surface area contributed by atoms with Gasteiger partial charge in [-0.05, 0) is 25.5 Å². The monoisotopic (exact) mass is 197 g/mol. The average molecular weight is 197 g/mol. The van der Waals surface area contributed by atoms with Crippen LogP contribution in [0.15, 0.2) is 11.8 Å². The van der Waals surface area contributed by atoms with Gasteiger partial charge in [-0.15, -0.1) is 0 Å². The van der Waals surface area contributed by atoms with E-state index < -0.39 is 5.60 Å². The summed E-state index contributed by atoms with van der Waals surface area (Å²) in [7, 11) is 0. The quantitative estimate of drug-likeness (QED) is 0.695. The van der Waals surface area contributed by atoms with Crippen molar-refractivity contribution in [2.24, 2.45) is 5.92 Å². The van der Waals surface area contributed by atoms with Crippen LogP contribution in [0, 0.1) is 5.92 Å². The summed E-state index contributed by atoms with van der Waals surface area (Å²) in [6.07, 6.45) is 4.76. The smallest absolute Gasteiger partial charge is 0.126 e. The van der Waals surface area contributed by atoms with Gasteiger partial charge in [0, 0.05) is 18.9 Å². The largest absolute Gasteiger partial charge is 0.495 e. The summed E-state index contributed by atoms with van der Waals surface area (Å²) in [4.78, 5) is 0. The van der Waals surface area contributed by atoms with Crippen LogP contribution in [0.4, 0.5) is 0 Å². The summed E-state index contributed by atoms with van der Waals surface area (Å²) in [5, 5.41) is 13.9. The zero-order chi connectivity index (χ0) is 10.0. The van der Waals surface area contributed by atoms with Crippen molar-refractivity contribution >= 4 is 0 Å². The Hall–Kier alpha value is -0.540. The molecule has 2 rings (SSSR count). The van der Waals surface area contributed by atoms with Gasteiger partial charge in [0.15, 0.2) is 0 Å². The Morgan fingerprint density at radius 1 is 1.71 bits per heavy atom. The van der Waals surface area contributed by atoms with Crippen LogP contribution in [-0.4, -0.2) is 30.4 Å². The molecule has 1 saturated heterocycles. The van der Waals surface area contributed by atoms with Crippen molar-refractivity contribution in [1.82, 2.24) is 5.32 Å². The van der Waals surface area contributed by atoms with E-state index in [4.69, 9.17) is 4.74 Å². The molecule has 80 valence electrons. The molecule has 2 unspecified atom stereocenters. The summed E-state index contributed by atoms with van der Waals surface area (Å²) >= 11 is 0. The highest BCUT2D eigenvalue weighted by Gasteiger charge is 2.43. The van der Waals surface area contributed by atoms with Crippen LogP contribution in [0.5, 0.6) is 0 Å². The molecule has 2 N–H and O–H groups in total. The molecule has 0 saturated carbocycles. The van der Waals surface area contributed by atoms with E-state index in [0.717, 1.165) is 44.7 Å². The van der Waals surface area contributed by atoms with Gasteiger partial charge in [-0.25, -0.2) is 0 Å². The van der Waals surface area contributed by atoms with Crippen molar-refractivity contribution in [2.75, 3.05) is 19.7 Å². The van der Waals surface area contributed by atoms with Gasteiger partial charge >= 0.3 is 0 Å². The fraction of sp³-hybridized carbons (Fsp3) is 0.818. The minimum absolute atomic E-state index is 0.292. The van der Waals surface area contributed by atoms with Crippen LogP contribution in [0.2, 0.25) is 0 Å². The lowest BCUT2D eigenvalue weighted by Gasteiger charge is -2.40. The summed E-state index contributed by atoms with van der Waals surface area (Å²) < 4.78 is 5.51. The third kappa shape index (κ3) is 1.55. The molecule has 0 amide bonds. The van der Waals surface area contributed by atoms with Gasteiger partial charge in [-0.3, -0.25) is 0 Å². The molecule has 0 radical (unpaired) electrons. The lowest BCUT2D eigenvalue weighted by Crippen LogP contribution is -2.51. The maximum atomic E-state index is 10.6. The van der Waals surface area contributed by atoms with E-state index >= 15 is 0 Å². The van der Waals surface area contributed by atoms with Crippen LogP contribution in [0.3, 0.4) is 0 Å². The number of ether oxygens (including phenoxy) is 1. The van der Waals surface area contributed by atoms with Gasteiger partial charge in [0.2, 0.25) is 0 Å². The Morgan fingerprint density at radius 2 is 2.57 bits per heavy atom. The Balaban J connectivity index is 2.17. The molecule has 0 aromatic heterocycles. The molecule has 14 heavy (non-hydrogen) atoms. The minimum Gasteiger partial charge on any atom is -0.495 e. The predicted molar refractivity (Wildman–Crippen MR) is 54.9 cm³/mol. The molecule has 0 spiro atoms. The first-order valence-electron chi connectivity index (χ1n) is 5.54. The lowest BCUT2D eigenvalue weighted by molar-refractivity contribution is -0.0488. The standard InChI is InChI=1S/C11H19NO2/c1-2-9-8-12-6-5-11(9,13)10-4-3-7-14-10/h4,9,12-13H,2-3,5-8H2,1H3. The molecular weight excluding hydrogens is 178 g/mol. The van der Waals surface area contributed by atoms with Crippen LogP contribution >= 0.6 is 0 Å². The van der Waals surface area contributed by atoms with E-state index in [1.165, 1.54) is 0 Å². The second kappa shape index (κ2) is 3.91. The molecule has 3 heteroatoms. The molecule has 3 nitrogen and oxygen atoms in total. The van der Waals surface area contributed by atoms with E-state index in [1.54, 1.807) is 0 Å². The highest BCUT2D eigenvalue weighted by Crippen LogP contribution is 2.36. The predicted octanol–water partition coefficient (Wildman–Crippen LogP) is 1.04. The third-order valence-corrected chi connectivity index (χ3v) is 3.37. The minimum atomic E-state index is -0.698. The van der Waals surface area contributed by atoms with Crippen LogP contribution in [0.1, 0.15) is 26.2 Å². The molecule has 0 bridgehead atoms. The second-order valence-electron chi connectivity index (χ2n) is 4.19. The third-order valence-electron chi connectivity index (χ3n) is 3.37. The first kappa shape index (κ1) is 9.99. The number of hydrogen-bond acceptors (Lipinski definition) is 3. The second-order valence-corrected chi connectivity index (χ2v) is 4.19. The number of rotatable bonds is 2. The van der Waals surface area contributed by atoms with Crippen molar-refractivity contribution in [2.45, 2.75) is 31.8 Å². The van der Waals surface area contributed by atoms with E-state index in [-0.39, 0.29) is 0 Å². The fourth-order valence-electron chi connectivity index (χ4n) is 2.45. The maximum absolute atomic E-state index is 10.6. The average Bonchev–Trinajstić information content (AvgIpc) is 2.72. The van der Waals surface area contributed by atoms with Crippen LogP contribution in [-0.2, 0) is 4.74 Å². The van der Waals surface area contributed by atoms with E-state index in [0.29, 0.717) is 5.92 Å². The lowest BCUT2D eigenvalue weighted by atomic mass is 9.78. The normalized spacial score (nSPS) is 37.9. The van der Waals surface area contributed by atoms with Crippen LogP contribution in [0.25, 0.3) is 0 Å². The summed E-state index contributed by atoms with van der Waals surface area (Å²) in [5.41, 5.74) is -0.698. The number of hydrogen-bond donors (Lipinski definition) is 2. The van der Waals surface area contributed by atoms with Crippen molar-refractivity contribution < 1.29 is 9.84 Å². The highest BCUT2D eigenvalue weighted by molar-refractivity contribution is 5.17. The topological polar surface area (TPSA) is 41.5 Å². The molecule has 0 aromatic carbocycles. The van der Waals surface area contributed by atoms with E-state index in [9.17, 15) is 5.11 Å². The first-order valence-corrected chi connectivity index (χ1v) is 5.54. The van der Waals surface area contributed by atoms with Gasteiger partial charge < -0.3 is 15.2 Å². The molecule has 2 aliphatic rings. The van der Waals surface area contributed by atoms with Gasteiger partial charge in [-0.2, -0.15) is 0 Å². The Kier molecular flexibility index (Phi) is 2.79. The van der Waals surface area contributed by atoms with Crippen LogP contribution < -0.4 is 5.32 Å². The first-order chi connectivity index (χ1) is 6.77. The van der Waals surface area contributed by atoms with Gasteiger partial charge in [-0.1, -0.05) is 6.92 Å². The molecule has 2 heterocycles. The Bertz CT molecular complexity index is 239. The molecular formula is C11H19NO2. The molecule has 0 aliphatic carbocycles. The molecule has 0 aromatic rings. The van der Waals surface area contributed by atoms with Gasteiger partial charge in [0.25, 0.3) is 0 Å². The van der Waals surface area contributed by atoms with Crippen molar-refractivity contribution in [1.29, 1.82) is 0 Å². The zero-order valence-electron chi connectivity index (χ0n) is 8.75. The summed E-state index contributed by atoms with van der Waals surface area (Å²) in [6.45, 7) is 4.64. The van der Waals surface area contributed by atoms with Gasteiger partial charge in [0.1, 0.15) is 11.4 Å². The molecule has 1 fully saturated rings. The SMILES string of the molecule is CCC1CNCCC1(O)C1=CCCO1. The Morgan fingerprint density at radius 3 is 3.21 bits per heavy atom. The number of aliphatic hydroxyl groups is 1. The van der Waals surface area contributed by atoms with Gasteiger partial charge in [0.05, 0.1) is 6.61 Å². The summed E-state index contributed by atoms with van der Waals surface area (Å²) in [5.74, 6) is 1.12. The van der Waals surface area contributed by atoms with Crippen molar-refractivity contribution in [3.8, 4) is 0 Å². The fourth-order valence-corrected chi connectivity index (χ4v) is 2.45. The number of nitrogens with one attached hydrogen (secondary N) is 1. The molecule has 2 aliphatic heterocycles. The van der Waals surface area contributed by atoms with Crippen molar-refractivity contribution in [3.63, 3.8) is 0 Å². The summed E-state index contributed by atoms with van der Waals surface area (Å²) in [6, 6.07) is 0. The highest BCUT2D eigenvalue weighted by atomic mass is 16.5. The van der Waals surface area contributed by atoms with E-state index in [2.05, 4.69) is 12.2 Å². The van der Waals surface area contributed by atoms with Crippen molar-refractivity contribution in [3.05, 3.63) is 11.8 Å². The maximum Gasteiger partial charge on any atom is 0.126 e. The number of piperidine rings is 1. The van der Waals surface area contributed by atoms with E-state index in [1.807, 2.05) is 6.08 Å². The Labute approximate surface area is 85.1 Å². The molecule has 2 atom stereocenters.